The molecule has 3 rings (SSSR count). The highest BCUT2D eigenvalue weighted by Crippen LogP contribution is 2.14. The molecule has 0 spiro atoms. The minimum Gasteiger partial charge on any atom is -0.370 e. The third-order valence-corrected chi connectivity index (χ3v) is 4.66. The number of hydrogen-bond acceptors (Lipinski definition) is 4. The molecule has 0 bridgehead atoms. The minimum atomic E-state index is 0.00468. The standard InChI is InChI=1S/C19H23ClN4O/c20-16-7-5-15(6-8-16)9-10-21-18-13-17(22-14-23-18)19(25)24-11-3-1-2-4-12-24/h5-8,13-14H,1-4,9-12H2,(H,21,22,23). The van der Waals surface area contributed by atoms with E-state index in [1.54, 1.807) is 6.07 Å². The fourth-order valence-electron chi connectivity index (χ4n) is 2.99. The largest absolute Gasteiger partial charge is 0.370 e. The lowest BCUT2D eigenvalue weighted by Crippen LogP contribution is -2.32. The van der Waals surface area contributed by atoms with Crippen LogP contribution >= 0.6 is 11.6 Å². The second kappa shape index (κ2) is 8.81. The second-order valence-corrected chi connectivity index (χ2v) is 6.73. The normalized spacial score (nSPS) is 14.8. The van der Waals surface area contributed by atoms with Gasteiger partial charge >= 0.3 is 0 Å². The zero-order valence-corrected chi connectivity index (χ0v) is 15.0. The van der Waals surface area contributed by atoms with Gasteiger partial charge in [-0.15, -0.1) is 0 Å². The summed E-state index contributed by atoms with van der Waals surface area (Å²) >= 11 is 5.89. The number of nitrogens with one attached hydrogen (secondary N) is 1. The van der Waals surface area contributed by atoms with E-state index in [9.17, 15) is 4.79 Å². The van der Waals surface area contributed by atoms with Crippen LogP contribution < -0.4 is 5.32 Å². The van der Waals surface area contributed by atoms with Gasteiger partial charge in [-0.2, -0.15) is 0 Å². The highest BCUT2D eigenvalue weighted by molar-refractivity contribution is 6.30. The summed E-state index contributed by atoms with van der Waals surface area (Å²) in [6.45, 7) is 2.38. The molecule has 1 aliphatic rings. The van der Waals surface area contributed by atoms with Gasteiger partial charge in [-0.25, -0.2) is 9.97 Å². The van der Waals surface area contributed by atoms with Gasteiger partial charge in [-0.1, -0.05) is 36.6 Å². The number of rotatable bonds is 5. The first-order chi connectivity index (χ1) is 12.2. The Morgan fingerprint density at radius 3 is 2.52 bits per heavy atom. The van der Waals surface area contributed by atoms with E-state index >= 15 is 0 Å². The molecule has 0 saturated carbocycles. The summed E-state index contributed by atoms with van der Waals surface area (Å²) in [5.74, 6) is 0.687. The molecule has 1 aliphatic heterocycles. The lowest BCUT2D eigenvalue weighted by molar-refractivity contribution is 0.0755. The van der Waals surface area contributed by atoms with Crippen molar-refractivity contribution < 1.29 is 4.79 Å². The number of benzene rings is 1. The average Bonchev–Trinajstić information content (AvgIpc) is 2.92. The first-order valence-electron chi connectivity index (χ1n) is 8.82. The van der Waals surface area contributed by atoms with E-state index < -0.39 is 0 Å². The number of nitrogens with zero attached hydrogens (tertiary/aromatic N) is 3. The smallest absolute Gasteiger partial charge is 0.272 e. The van der Waals surface area contributed by atoms with E-state index in [1.165, 1.54) is 24.7 Å². The molecule has 25 heavy (non-hydrogen) atoms. The number of amides is 1. The number of carbonyl (C=O) groups excluding carboxylic acids is 1. The molecular formula is C19H23ClN4O. The van der Waals surface area contributed by atoms with E-state index in [4.69, 9.17) is 11.6 Å². The molecule has 0 unspecified atom stereocenters. The molecule has 132 valence electrons. The zero-order chi connectivity index (χ0) is 17.5. The van der Waals surface area contributed by atoms with Crippen molar-refractivity contribution in [2.75, 3.05) is 25.0 Å². The SMILES string of the molecule is O=C(c1cc(NCCc2ccc(Cl)cc2)ncn1)N1CCCCCC1. The van der Waals surface area contributed by atoms with E-state index in [0.29, 0.717) is 11.5 Å². The molecule has 1 saturated heterocycles. The van der Waals surface area contributed by atoms with Gasteiger partial charge in [-0.3, -0.25) is 4.79 Å². The molecule has 1 amide bonds. The third-order valence-electron chi connectivity index (χ3n) is 4.41. The van der Waals surface area contributed by atoms with Crippen molar-refractivity contribution in [1.29, 1.82) is 0 Å². The molecule has 1 N–H and O–H groups in total. The Bertz CT molecular complexity index is 697. The van der Waals surface area contributed by atoms with Crippen LogP contribution in [0.25, 0.3) is 0 Å². The van der Waals surface area contributed by atoms with Crippen molar-refractivity contribution in [2.24, 2.45) is 0 Å². The molecular weight excluding hydrogens is 336 g/mol. The van der Waals surface area contributed by atoms with Gasteiger partial charge in [0.05, 0.1) is 0 Å². The monoisotopic (exact) mass is 358 g/mol. The zero-order valence-electron chi connectivity index (χ0n) is 14.2. The van der Waals surface area contributed by atoms with E-state index in [-0.39, 0.29) is 5.91 Å². The summed E-state index contributed by atoms with van der Waals surface area (Å²) in [7, 11) is 0. The maximum Gasteiger partial charge on any atom is 0.272 e. The second-order valence-electron chi connectivity index (χ2n) is 6.30. The Morgan fingerprint density at radius 1 is 1.08 bits per heavy atom. The molecule has 1 fully saturated rings. The van der Waals surface area contributed by atoms with Crippen LogP contribution in [0.2, 0.25) is 5.02 Å². The number of aromatic nitrogens is 2. The Hall–Kier alpha value is -2.14. The van der Waals surface area contributed by atoms with Crippen molar-refractivity contribution in [3.63, 3.8) is 0 Å². The summed E-state index contributed by atoms with van der Waals surface area (Å²) in [5.41, 5.74) is 1.66. The van der Waals surface area contributed by atoms with Crippen LogP contribution in [0, 0.1) is 0 Å². The maximum absolute atomic E-state index is 12.6. The Balaban J connectivity index is 1.57. The lowest BCUT2D eigenvalue weighted by Gasteiger charge is -2.19. The van der Waals surface area contributed by atoms with Gasteiger partial charge in [0, 0.05) is 30.7 Å². The van der Waals surface area contributed by atoms with Crippen molar-refractivity contribution in [2.45, 2.75) is 32.1 Å². The summed E-state index contributed by atoms with van der Waals surface area (Å²) in [5, 5.41) is 4.00. The number of carbonyl (C=O) groups is 1. The molecule has 1 aromatic carbocycles. The average molecular weight is 359 g/mol. The fourth-order valence-corrected chi connectivity index (χ4v) is 3.12. The van der Waals surface area contributed by atoms with Crippen LogP contribution in [0.4, 0.5) is 5.82 Å². The molecule has 2 heterocycles. The van der Waals surface area contributed by atoms with Crippen molar-refractivity contribution in [3.8, 4) is 0 Å². The maximum atomic E-state index is 12.6. The lowest BCUT2D eigenvalue weighted by atomic mass is 10.1. The quantitative estimate of drug-likeness (QED) is 0.883. The van der Waals surface area contributed by atoms with Crippen LogP contribution in [0.5, 0.6) is 0 Å². The van der Waals surface area contributed by atoms with Crippen molar-refractivity contribution in [1.82, 2.24) is 14.9 Å². The topological polar surface area (TPSA) is 58.1 Å². The first kappa shape index (κ1) is 17.7. The number of likely N-dealkylation sites (tertiary alicyclic amines) is 1. The first-order valence-corrected chi connectivity index (χ1v) is 9.20. The van der Waals surface area contributed by atoms with Crippen LogP contribution in [-0.2, 0) is 6.42 Å². The molecule has 5 nitrogen and oxygen atoms in total. The molecule has 0 radical (unpaired) electrons. The van der Waals surface area contributed by atoms with E-state index in [1.807, 2.05) is 29.2 Å². The number of anilines is 1. The van der Waals surface area contributed by atoms with Crippen molar-refractivity contribution in [3.05, 3.63) is 52.9 Å². The van der Waals surface area contributed by atoms with Crippen LogP contribution in [0.3, 0.4) is 0 Å². The van der Waals surface area contributed by atoms with Gasteiger partial charge in [0.1, 0.15) is 17.8 Å². The molecule has 1 aromatic heterocycles. The van der Waals surface area contributed by atoms with Crippen LogP contribution in [0.15, 0.2) is 36.7 Å². The molecule has 2 aromatic rings. The Morgan fingerprint density at radius 2 is 1.80 bits per heavy atom. The number of halogens is 1. The predicted molar refractivity (Wildman–Crippen MR) is 100 cm³/mol. The Labute approximate surface area is 153 Å². The highest BCUT2D eigenvalue weighted by Gasteiger charge is 2.18. The van der Waals surface area contributed by atoms with Gasteiger partial charge in [0.15, 0.2) is 0 Å². The summed E-state index contributed by atoms with van der Waals surface area (Å²) in [6, 6.07) is 9.55. The van der Waals surface area contributed by atoms with E-state index in [2.05, 4.69) is 15.3 Å². The molecule has 0 atom stereocenters. The van der Waals surface area contributed by atoms with E-state index in [0.717, 1.165) is 43.9 Å². The fraction of sp³-hybridized carbons (Fsp3) is 0.421. The number of hydrogen-bond donors (Lipinski definition) is 1. The molecule has 6 heteroatoms. The minimum absolute atomic E-state index is 0.00468. The predicted octanol–water partition coefficient (Wildman–Crippen LogP) is 3.80. The molecule has 0 aliphatic carbocycles. The van der Waals surface area contributed by atoms with Gasteiger partial charge in [-0.05, 0) is 37.0 Å². The summed E-state index contributed by atoms with van der Waals surface area (Å²) in [4.78, 5) is 22.9. The van der Waals surface area contributed by atoms with Gasteiger partial charge in [0.2, 0.25) is 0 Å². The Kier molecular flexibility index (Phi) is 6.23. The summed E-state index contributed by atoms with van der Waals surface area (Å²) < 4.78 is 0. The third kappa shape index (κ3) is 5.16. The van der Waals surface area contributed by atoms with Crippen LogP contribution in [-0.4, -0.2) is 40.4 Å². The van der Waals surface area contributed by atoms with Crippen LogP contribution in [0.1, 0.15) is 41.7 Å². The summed E-state index contributed by atoms with van der Waals surface area (Å²) in [6.07, 6.45) is 6.86. The van der Waals surface area contributed by atoms with Gasteiger partial charge < -0.3 is 10.2 Å². The van der Waals surface area contributed by atoms with Crippen molar-refractivity contribution >= 4 is 23.3 Å². The highest BCUT2D eigenvalue weighted by atomic mass is 35.5. The van der Waals surface area contributed by atoms with Gasteiger partial charge in [0.25, 0.3) is 5.91 Å².